The molecular weight excluding hydrogens is 498 g/mol. The predicted octanol–water partition coefficient (Wildman–Crippen LogP) is 4.22. The van der Waals surface area contributed by atoms with Gasteiger partial charge in [-0.3, -0.25) is 14.5 Å². The molecule has 3 atom stereocenters. The van der Waals surface area contributed by atoms with E-state index in [-0.39, 0.29) is 25.4 Å². The third-order valence-corrected chi connectivity index (χ3v) is 7.91. The van der Waals surface area contributed by atoms with Crippen LogP contribution in [0.2, 0.25) is 5.02 Å². The molecule has 2 heterocycles. The minimum atomic E-state index is -1.18. The molecule has 3 amide bonds. The van der Waals surface area contributed by atoms with Gasteiger partial charge in [0.05, 0.1) is 13.1 Å². The summed E-state index contributed by atoms with van der Waals surface area (Å²) < 4.78 is 5.72. The lowest BCUT2D eigenvalue weighted by molar-refractivity contribution is -0.150. The Balaban J connectivity index is 1.52. The van der Waals surface area contributed by atoms with Gasteiger partial charge in [0.25, 0.3) is 0 Å². The molecule has 2 aliphatic heterocycles. The SMILES string of the molecule is CC(C)(C)[C@H](NC(=O)CC1CCCCC1)C(=O)N1C[C@]2(C[C@H]1C(=O)O)CN(c1cccc(Cl)c1)C(=O)O2. The number of carbonyl (C=O) groups is 4. The fourth-order valence-electron chi connectivity index (χ4n) is 5.74. The molecular formula is C27H36ClN3O6. The normalized spacial score (nSPS) is 25.3. The lowest BCUT2D eigenvalue weighted by atomic mass is 9.84. The zero-order valence-electron chi connectivity index (χ0n) is 21.7. The fourth-order valence-corrected chi connectivity index (χ4v) is 5.93. The molecule has 0 bridgehead atoms. The van der Waals surface area contributed by atoms with Crippen LogP contribution in [-0.2, 0) is 19.1 Å². The van der Waals surface area contributed by atoms with Crippen LogP contribution in [0.4, 0.5) is 10.5 Å². The summed E-state index contributed by atoms with van der Waals surface area (Å²) in [4.78, 5) is 54.5. The average molecular weight is 534 g/mol. The van der Waals surface area contributed by atoms with Crippen molar-refractivity contribution in [1.82, 2.24) is 10.2 Å². The van der Waals surface area contributed by atoms with E-state index in [2.05, 4.69) is 5.32 Å². The molecule has 37 heavy (non-hydrogen) atoms. The van der Waals surface area contributed by atoms with Crippen molar-refractivity contribution in [1.29, 1.82) is 0 Å². The van der Waals surface area contributed by atoms with Gasteiger partial charge in [-0.1, -0.05) is 57.7 Å². The lowest BCUT2D eigenvalue weighted by Crippen LogP contribution is -2.57. The second kappa shape index (κ2) is 10.5. The Kier molecular flexibility index (Phi) is 7.74. The zero-order valence-corrected chi connectivity index (χ0v) is 22.4. The summed E-state index contributed by atoms with van der Waals surface area (Å²) in [5.74, 6) is -1.54. The van der Waals surface area contributed by atoms with Crippen LogP contribution in [0.3, 0.4) is 0 Å². The molecule has 1 aromatic rings. The smallest absolute Gasteiger partial charge is 0.415 e. The summed E-state index contributed by atoms with van der Waals surface area (Å²) in [5.41, 5.74) is -1.29. The van der Waals surface area contributed by atoms with E-state index in [9.17, 15) is 24.3 Å². The molecule has 0 radical (unpaired) electrons. The maximum atomic E-state index is 13.8. The van der Waals surface area contributed by atoms with Crippen molar-refractivity contribution >= 4 is 41.2 Å². The quantitative estimate of drug-likeness (QED) is 0.565. The summed E-state index contributed by atoms with van der Waals surface area (Å²) in [5, 5.41) is 13.4. The maximum Gasteiger partial charge on any atom is 0.415 e. The number of aliphatic carboxylic acids is 1. The van der Waals surface area contributed by atoms with Gasteiger partial charge in [-0.25, -0.2) is 9.59 Å². The molecule has 3 aliphatic rings. The van der Waals surface area contributed by atoms with Gasteiger partial charge in [-0.2, -0.15) is 0 Å². The minimum Gasteiger partial charge on any atom is -0.480 e. The maximum absolute atomic E-state index is 13.8. The summed E-state index contributed by atoms with van der Waals surface area (Å²) in [6.07, 6.45) is 5.13. The van der Waals surface area contributed by atoms with Crippen LogP contribution in [0.5, 0.6) is 0 Å². The van der Waals surface area contributed by atoms with Crippen LogP contribution in [0.15, 0.2) is 24.3 Å². The molecule has 0 unspecified atom stereocenters. The number of benzene rings is 1. The zero-order chi connectivity index (χ0) is 27.0. The summed E-state index contributed by atoms with van der Waals surface area (Å²) in [6.45, 7) is 5.54. The highest BCUT2D eigenvalue weighted by Crippen LogP contribution is 2.39. The van der Waals surface area contributed by atoms with Crippen molar-refractivity contribution in [2.24, 2.45) is 11.3 Å². The van der Waals surface area contributed by atoms with Crippen molar-refractivity contribution in [3.8, 4) is 0 Å². The predicted molar refractivity (Wildman–Crippen MR) is 138 cm³/mol. The fraction of sp³-hybridized carbons (Fsp3) is 0.630. The minimum absolute atomic E-state index is 0.0379. The van der Waals surface area contributed by atoms with Crippen molar-refractivity contribution in [2.45, 2.75) is 83.4 Å². The average Bonchev–Trinajstić information content (AvgIpc) is 3.36. The first-order valence-corrected chi connectivity index (χ1v) is 13.4. The number of hydrogen-bond acceptors (Lipinski definition) is 5. The van der Waals surface area contributed by atoms with Gasteiger partial charge < -0.3 is 20.1 Å². The molecule has 10 heteroatoms. The second-order valence-electron chi connectivity index (χ2n) is 11.7. The molecule has 1 aromatic carbocycles. The van der Waals surface area contributed by atoms with Crippen LogP contribution < -0.4 is 10.2 Å². The molecule has 202 valence electrons. The Morgan fingerprint density at radius 2 is 1.89 bits per heavy atom. The van der Waals surface area contributed by atoms with Crippen molar-refractivity contribution in [3.63, 3.8) is 0 Å². The number of nitrogens with one attached hydrogen (secondary N) is 1. The highest BCUT2D eigenvalue weighted by atomic mass is 35.5. The van der Waals surface area contributed by atoms with Gasteiger partial charge in [-0.15, -0.1) is 0 Å². The third kappa shape index (κ3) is 6.03. The molecule has 2 N–H and O–H groups in total. The molecule has 1 spiro atoms. The number of amides is 3. The van der Waals surface area contributed by atoms with Crippen LogP contribution in [0.1, 0.15) is 65.7 Å². The lowest BCUT2D eigenvalue weighted by Gasteiger charge is -2.35. The highest BCUT2D eigenvalue weighted by Gasteiger charge is 2.57. The number of nitrogens with zero attached hydrogens (tertiary/aromatic N) is 2. The van der Waals surface area contributed by atoms with Gasteiger partial charge in [0.15, 0.2) is 5.60 Å². The Labute approximate surface area is 222 Å². The Hall–Kier alpha value is -2.81. The van der Waals surface area contributed by atoms with E-state index in [1.54, 1.807) is 24.3 Å². The van der Waals surface area contributed by atoms with E-state index in [0.717, 1.165) is 25.7 Å². The topological polar surface area (TPSA) is 116 Å². The van der Waals surface area contributed by atoms with Gasteiger partial charge >= 0.3 is 12.1 Å². The number of rotatable bonds is 6. The van der Waals surface area contributed by atoms with E-state index >= 15 is 0 Å². The number of likely N-dealkylation sites (tertiary alicyclic amines) is 1. The molecule has 2 saturated heterocycles. The van der Waals surface area contributed by atoms with Crippen molar-refractivity contribution in [3.05, 3.63) is 29.3 Å². The number of hydrogen-bond donors (Lipinski definition) is 2. The van der Waals surface area contributed by atoms with Crippen LogP contribution in [-0.4, -0.2) is 64.7 Å². The molecule has 9 nitrogen and oxygen atoms in total. The standard InChI is InChI=1S/C27H36ClN3O6/c1-26(2,3)22(29-21(32)12-17-8-5-4-6-9-17)23(33)31-16-27(14-20(31)24(34)35)15-30(25(36)37-27)19-11-7-10-18(28)13-19/h7,10-11,13,17,20,22H,4-6,8-9,12,14-16H2,1-3H3,(H,29,32)(H,34,35)/t20-,22+,27-/m0/s1. The first kappa shape index (κ1) is 27.2. The van der Waals surface area contributed by atoms with Crippen LogP contribution in [0.25, 0.3) is 0 Å². The van der Waals surface area contributed by atoms with E-state index in [1.807, 2.05) is 20.8 Å². The van der Waals surface area contributed by atoms with Crippen LogP contribution >= 0.6 is 11.6 Å². The van der Waals surface area contributed by atoms with Crippen molar-refractivity contribution in [2.75, 3.05) is 18.0 Å². The second-order valence-corrected chi connectivity index (χ2v) is 12.2. The Morgan fingerprint density at radius 3 is 2.51 bits per heavy atom. The molecule has 1 aliphatic carbocycles. The van der Waals surface area contributed by atoms with Gasteiger partial charge in [0.2, 0.25) is 11.8 Å². The number of halogens is 1. The van der Waals surface area contributed by atoms with Crippen LogP contribution in [0, 0.1) is 11.3 Å². The summed E-state index contributed by atoms with van der Waals surface area (Å²) in [7, 11) is 0. The third-order valence-electron chi connectivity index (χ3n) is 7.68. The first-order valence-electron chi connectivity index (χ1n) is 13.0. The number of carboxylic acid groups (broad SMARTS) is 1. The molecule has 4 rings (SSSR count). The molecule has 1 saturated carbocycles. The highest BCUT2D eigenvalue weighted by molar-refractivity contribution is 6.30. The van der Waals surface area contributed by atoms with Gasteiger partial charge in [0.1, 0.15) is 12.1 Å². The Morgan fingerprint density at radius 1 is 1.19 bits per heavy atom. The van der Waals surface area contributed by atoms with E-state index in [0.29, 0.717) is 23.0 Å². The number of carboxylic acids is 1. The number of carbonyl (C=O) groups excluding carboxylic acids is 3. The number of ether oxygens (including phenoxy) is 1. The summed E-state index contributed by atoms with van der Waals surface area (Å²) >= 11 is 6.09. The van der Waals surface area contributed by atoms with E-state index < -0.39 is 41.1 Å². The van der Waals surface area contributed by atoms with Gasteiger partial charge in [-0.05, 0) is 42.4 Å². The van der Waals surface area contributed by atoms with Crippen molar-refractivity contribution < 1.29 is 29.0 Å². The summed E-state index contributed by atoms with van der Waals surface area (Å²) in [6, 6.07) is 4.65. The van der Waals surface area contributed by atoms with E-state index in [1.165, 1.54) is 16.2 Å². The monoisotopic (exact) mass is 533 g/mol. The van der Waals surface area contributed by atoms with Gasteiger partial charge in [0, 0.05) is 23.6 Å². The molecule has 0 aromatic heterocycles. The Bertz CT molecular complexity index is 1070. The van der Waals surface area contributed by atoms with E-state index in [4.69, 9.17) is 16.3 Å². The largest absolute Gasteiger partial charge is 0.480 e. The number of anilines is 1. The molecule has 3 fully saturated rings. The first-order chi connectivity index (χ1) is 17.4.